The Balaban J connectivity index is 1.78. The van der Waals surface area contributed by atoms with Gasteiger partial charge in [-0.05, 0) is 31.2 Å². The molecule has 1 aliphatic rings. The second kappa shape index (κ2) is 8.82. The zero-order valence-corrected chi connectivity index (χ0v) is 14.1. The van der Waals surface area contributed by atoms with E-state index >= 15 is 0 Å². The molecule has 1 aliphatic carbocycles. The maximum Gasteiger partial charge on any atom is 0.271 e. The van der Waals surface area contributed by atoms with Gasteiger partial charge < -0.3 is 10.1 Å². The lowest BCUT2D eigenvalue weighted by Crippen LogP contribution is -2.33. The molecular formula is C17H27N3O3. The molecule has 0 radical (unpaired) electrons. The number of carbonyl (C=O) groups is 1. The monoisotopic (exact) mass is 321 g/mol. The lowest BCUT2D eigenvalue weighted by Gasteiger charge is -2.28. The van der Waals surface area contributed by atoms with E-state index in [1.54, 1.807) is 0 Å². The normalized spacial score (nSPS) is 21.1. The summed E-state index contributed by atoms with van der Waals surface area (Å²) < 4.78 is 7.20. The molecule has 1 fully saturated rings. The molecule has 0 aromatic carbocycles. The average Bonchev–Trinajstić information content (AvgIpc) is 2.55. The van der Waals surface area contributed by atoms with Crippen molar-refractivity contribution < 1.29 is 9.53 Å². The van der Waals surface area contributed by atoms with Crippen LogP contribution in [0.5, 0.6) is 0 Å². The third-order valence-electron chi connectivity index (χ3n) is 4.29. The Kier molecular flexibility index (Phi) is 6.77. The fraction of sp³-hybridized carbons (Fsp3) is 0.706. The summed E-state index contributed by atoms with van der Waals surface area (Å²) in [7, 11) is 0. The Bertz CT molecular complexity index is 570. The van der Waals surface area contributed by atoms with Crippen LogP contribution in [0.4, 0.5) is 0 Å². The molecule has 0 aliphatic heterocycles. The smallest absolute Gasteiger partial charge is 0.271 e. The predicted molar refractivity (Wildman–Crippen MR) is 88.5 cm³/mol. The number of rotatable bonds is 7. The van der Waals surface area contributed by atoms with Crippen LogP contribution in [0.1, 0.15) is 56.4 Å². The van der Waals surface area contributed by atoms with Crippen LogP contribution in [0.15, 0.2) is 16.9 Å². The van der Waals surface area contributed by atoms with Crippen LogP contribution in [0.2, 0.25) is 0 Å². The molecular weight excluding hydrogens is 294 g/mol. The maximum absolute atomic E-state index is 12.1. The minimum Gasteiger partial charge on any atom is -0.376 e. The molecule has 6 nitrogen and oxygen atoms in total. The van der Waals surface area contributed by atoms with Gasteiger partial charge in [-0.2, -0.15) is 5.10 Å². The van der Waals surface area contributed by atoms with Crippen LogP contribution in [0, 0.1) is 5.92 Å². The van der Waals surface area contributed by atoms with Crippen molar-refractivity contribution in [2.45, 2.75) is 58.6 Å². The topological polar surface area (TPSA) is 73.2 Å². The summed E-state index contributed by atoms with van der Waals surface area (Å²) in [5.74, 6) is 0.328. The highest BCUT2D eigenvalue weighted by molar-refractivity contribution is 5.91. The minimum absolute atomic E-state index is 0.182. The molecule has 1 heterocycles. The number of hydrogen-bond donors (Lipinski definition) is 1. The Morgan fingerprint density at radius 2 is 2.17 bits per heavy atom. The van der Waals surface area contributed by atoms with Crippen molar-refractivity contribution in [1.29, 1.82) is 0 Å². The summed E-state index contributed by atoms with van der Waals surface area (Å²) in [6, 6.07) is 2.85. The molecule has 128 valence electrons. The second-order valence-electron chi connectivity index (χ2n) is 6.21. The van der Waals surface area contributed by atoms with E-state index < -0.39 is 0 Å². The van der Waals surface area contributed by atoms with Gasteiger partial charge in [0.1, 0.15) is 5.69 Å². The fourth-order valence-corrected chi connectivity index (χ4v) is 2.94. The quantitative estimate of drug-likeness (QED) is 0.779. The molecule has 6 heteroatoms. The molecule has 2 rings (SSSR count). The molecule has 0 saturated heterocycles. The van der Waals surface area contributed by atoms with E-state index in [2.05, 4.69) is 17.3 Å². The number of nitrogens with zero attached hydrogens (tertiary/aromatic N) is 2. The number of hydrogen-bond acceptors (Lipinski definition) is 4. The largest absolute Gasteiger partial charge is 0.376 e. The van der Waals surface area contributed by atoms with Gasteiger partial charge in [0.25, 0.3) is 11.5 Å². The van der Waals surface area contributed by atoms with E-state index in [1.165, 1.54) is 36.1 Å². The highest BCUT2D eigenvalue weighted by atomic mass is 16.5. The Hall–Kier alpha value is -1.69. The lowest BCUT2D eigenvalue weighted by molar-refractivity contribution is -0.00295. The zero-order chi connectivity index (χ0) is 16.7. The third-order valence-corrected chi connectivity index (χ3v) is 4.29. The van der Waals surface area contributed by atoms with Gasteiger partial charge >= 0.3 is 0 Å². The van der Waals surface area contributed by atoms with Gasteiger partial charge in [0, 0.05) is 19.2 Å². The van der Waals surface area contributed by atoms with Gasteiger partial charge in [0.05, 0.1) is 12.7 Å². The van der Waals surface area contributed by atoms with E-state index in [1.807, 2.05) is 6.92 Å². The van der Waals surface area contributed by atoms with Crippen LogP contribution >= 0.6 is 0 Å². The van der Waals surface area contributed by atoms with Crippen molar-refractivity contribution in [3.05, 3.63) is 28.2 Å². The molecule has 0 bridgehead atoms. The first-order valence-corrected chi connectivity index (χ1v) is 8.59. The van der Waals surface area contributed by atoms with Gasteiger partial charge in [0.15, 0.2) is 0 Å². The van der Waals surface area contributed by atoms with Crippen LogP contribution in [0.3, 0.4) is 0 Å². The van der Waals surface area contributed by atoms with E-state index in [-0.39, 0.29) is 17.2 Å². The molecule has 1 amide bonds. The lowest BCUT2D eigenvalue weighted by atomic mass is 9.88. The summed E-state index contributed by atoms with van der Waals surface area (Å²) in [5.41, 5.74) is 0.0853. The summed E-state index contributed by atoms with van der Waals surface area (Å²) in [4.78, 5) is 23.7. The average molecular weight is 321 g/mol. The predicted octanol–water partition coefficient (Wildman–Crippen LogP) is 1.98. The Morgan fingerprint density at radius 3 is 2.91 bits per heavy atom. The van der Waals surface area contributed by atoms with Gasteiger partial charge in [-0.1, -0.05) is 26.7 Å². The van der Waals surface area contributed by atoms with Gasteiger partial charge in [0.2, 0.25) is 0 Å². The Morgan fingerprint density at radius 1 is 1.39 bits per heavy atom. The molecule has 1 aromatic heterocycles. The number of aromatic nitrogens is 2. The SMILES string of the molecule is CCCn1nc(C(=O)NCCO[C@H]2CCCC[C@H]2C)ccc1=O. The molecule has 1 N–H and O–H groups in total. The van der Waals surface area contributed by atoms with Crippen molar-refractivity contribution in [1.82, 2.24) is 15.1 Å². The number of ether oxygens (including phenoxy) is 1. The molecule has 2 atom stereocenters. The van der Waals surface area contributed by atoms with Crippen LogP contribution in [-0.4, -0.2) is 34.9 Å². The van der Waals surface area contributed by atoms with Crippen molar-refractivity contribution in [2.24, 2.45) is 5.92 Å². The van der Waals surface area contributed by atoms with Crippen LogP contribution in [-0.2, 0) is 11.3 Å². The van der Waals surface area contributed by atoms with Gasteiger partial charge in [-0.25, -0.2) is 4.68 Å². The van der Waals surface area contributed by atoms with E-state index in [4.69, 9.17) is 4.74 Å². The standard InChI is InChI=1S/C17H27N3O3/c1-3-11-20-16(21)9-8-14(19-20)17(22)18-10-12-23-15-7-5-4-6-13(15)2/h8-9,13,15H,3-7,10-12H2,1-2H3,(H,18,22)/t13-,15+/m1/s1. The van der Waals surface area contributed by atoms with Crippen molar-refractivity contribution in [3.63, 3.8) is 0 Å². The summed E-state index contributed by atoms with van der Waals surface area (Å²) in [5, 5.41) is 6.89. The first kappa shape index (κ1) is 17.7. The van der Waals surface area contributed by atoms with Crippen molar-refractivity contribution >= 4 is 5.91 Å². The Labute approximate surface area is 137 Å². The highest BCUT2D eigenvalue weighted by Crippen LogP contribution is 2.25. The second-order valence-corrected chi connectivity index (χ2v) is 6.21. The van der Waals surface area contributed by atoms with E-state index in [0.29, 0.717) is 31.7 Å². The molecule has 23 heavy (non-hydrogen) atoms. The van der Waals surface area contributed by atoms with E-state index in [9.17, 15) is 9.59 Å². The number of nitrogens with one attached hydrogen (secondary N) is 1. The van der Waals surface area contributed by atoms with Gasteiger partial charge in [-0.3, -0.25) is 9.59 Å². The maximum atomic E-state index is 12.1. The van der Waals surface area contributed by atoms with Crippen molar-refractivity contribution in [2.75, 3.05) is 13.2 Å². The first-order chi connectivity index (χ1) is 11.1. The van der Waals surface area contributed by atoms with E-state index in [0.717, 1.165) is 12.8 Å². The minimum atomic E-state index is -0.268. The fourth-order valence-electron chi connectivity index (χ4n) is 2.94. The molecule has 1 aromatic rings. The first-order valence-electron chi connectivity index (χ1n) is 8.59. The zero-order valence-electron chi connectivity index (χ0n) is 14.1. The highest BCUT2D eigenvalue weighted by Gasteiger charge is 2.21. The molecule has 0 spiro atoms. The number of aryl methyl sites for hydroxylation is 1. The summed E-state index contributed by atoms with van der Waals surface area (Å²) >= 11 is 0. The van der Waals surface area contributed by atoms with Crippen LogP contribution < -0.4 is 10.9 Å². The third kappa shape index (κ3) is 5.16. The summed E-state index contributed by atoms with van der Waals surface area (Å²) in [6.45, 7) is 5.67. The molecule has 0 unspecified atom stereocenters. The van der Waals surface area contributed by atoms with Crippen molar-refractivity contribution in [3.8, 4) is 0 Å². The number of amides is 1. The number of carbonyl (C=O) groups excluding carboxylic acids is 1. The summed E-state index contributed by atoms with van der Waals surface area (Å²) in [6.07, 6.45) is 5.95. The van der Waals surface area contributed by atoms with Crippen LogP contribution in [0.25, 0.3) is 0 Å². The van der Waals surface area contributed by atoms with Gasteiger partial charge in [-0.15, -0.1) is 0 Å². The molecule has 1 saturated carbocycles.